The van der Waals surface area contributed by atoms with E-state index in [9.17, 15) is 8.42 Å². The van der Waals surface area contributed by atoms with Crippen molar-refractivity contribution in [3.05, 3.63) is 53.6 Å². The largest absolute Gasteiger partial charge is 0.493 e. The van der Waals surface area contributed by atoms with E-state index in [1.54, 1.807) is 38.5 Å². The third-order valence-corrected chi connectivity index (χ3v) is 6.70. The highest BCUT2D eigenvalue weighted by atomic mass is 32.2. The van der Waals surface area contributed by atoms with Crippen molar-refractivity contribution in [1.29, 1.82) is 0 Å². The quantitative estimate of drug-likeness (QED) is 0.509. The third-order valence-electron chi connectivity index (χ3n) is 5.35. The molecule has 1 saturated carbocycles. The standard InChI is InChI=1S/C22H28O5S/c1-16-12-14-17(15-13-16)28(23,24)27-20-10-6-4-5-8-18(20)19-9-7-11-21(25-2)22(19)26-3/h7,9,11-15,18,20H,4-6,8,10H2,1-3H3/t18-,20-/m1/s1. The molecule has 28 heavy (non-hydrogen) atoms. The van der Waals surface area contributed by atoms with Crippen molar-refractivity contribution in [2.24, 2.45) is 0 Å². The van der Waals surface area contributed by atoms with Gasteiger partial charge in [-0.15, -0.1) is 0 Å². The van der Waals surface area contributed by atoms with Crippen molar-refractivity contribution < 1.29 is 22.1 Å². The van der Waals surface area contributed by atoms with Crippen LogP contribution in [0, 0.1) is 6.92 Å². The second-order valence-corrected chi connectivity index (χ2v) is 8.80. The summed E-state index contributed by atoms with van der Waals surface area (Å²) in [7, 11) is -0.631. The van der Waals surface area contributed by atoms with E-state index < -0.39 is 16.2 Å². The molecule has 0 aromatic heterocycles. The van der Waals surface area contributed by atoms with E-state index in [-0.39, 0.29) is 10.8 Å². The molecule has 1 aliphatic carbocycles. The lowest BCUT2D eigenvalue weighted by Gasteiger charge is -2.27. The Morgan fingerprint density at radius 2 is 1.61 bits per heavy atom. The van der Waals surface area contributed by atoms with Crippen LogP contribution in [-0.4, -0.2) is 28.7 Å². The van der Waals surface area contributed by atoms with Crippen LogP contribution < -0.4 is 9.47 Å². The van der Waals surface area contributed by atoms with Gasteiger partial charge in [-0.25, -0.2) is 0 Å². The maximum Gasteiger partial charge on any atom is 0.297 e. The second kappa shape index (κ2) is 8.97. The van der Waals surface area contributed by atoms with Crippen LogP contribution >= 0.6 is 0 Å². The Hall–Kier alpha value is -2.05. The van der Waals surface area contributed by atoms with Crippen LogP contribution in [0.4, 0.5) is 0 Å². The lowest BCUT2D eigenvalue weighted by atomic mass is 9.88. The van der Waals surface area contributed by atoms with Crippen LogP contribution in [0.5, 0.6) is 11.5 Å². The molecule has 0 aliphatic heterocycles. The number of benzene rings is 2. The summed E-state index contributed by atoms with van der Waals surface area (Å²) in [5, 5.41) is 0. The molecule has 0 heterocycles. The summed E-state index contributed by atoms with van der Waals surface area (Å²) in [6.45, 7) is 1.92. The van der Waals surface area contributed by atoms with E-state index in [1.807, 2.05) is 25.1 Å². The number of hydrogen-bond donors (Lipinski definition) is 0. The number of ether oxygens (including phenoxy) is 2. The molecule has 0 saturated heterocycles. The summed E-state index contributed by atoms with van der Waals surface area (Å²) < 4.78 is 42.6. The van der Waals surface area contributed by atoms with E-state index in [0.29, 0.717) is 17.9 Å². The molecule has 0 radical (unpaired) electrons. The zero-order valence-corrected chi connectivity index (χ0v) is 17.5. The van der Waals surface area contributed by atoms with Gasteiger partial charge in [-0.1, -0.05) is 49.1 Å². The van der Waals surface area contributed by atoms with Gasteiger partial charge in [0.1, 0.15) is 0 Å². The zero-order chi connectivity index (χ0) is 20.1. The zero-order valence-electron chi connectivity index (χ0n) is 16.7. The molecule has 5 nitrogen and oxygen atoms in total. The Kier molecular flexibility index (Phi) is 6.62. The van der Waals surface area contributed by atoms with Crippen molar-refractivity contribution in [3.63, 3.8) is 0 Å². The Balaban J connectivity index is 1.95. The number of rotatable bonds is 6. The highest BCUT2D eigenvalue weighted by Crippen LogP contribution is 2.43. The third kappa shape index (κ3) is 4.50. The van der Waals surface area contributed by atoms with Gasteiger partial charge in [-0.3, -0.25) is 4.18 Å². The van der Waals surface area contributed by atoms with Crippen LogP contribution in [0.2, 0.25) is 0 Å². The number of methoxy groups -OCH3 is 2. The molecule has 3 rings (SSSR count). The van der Waals surface area contributed by atoms with E-state index in [2.05, 4.69) is 0 Å². The minimum Gasteiger partial charge on any atom is -0.493 e. The minimum atomic E-state index is -3.84. The van der Waals surface area contributed by atoms with Crippen LogP contribution in [-0.2, 0) is 14.3 Å². The summed E-state index contributed by atoms with van der Waals surface area (Å²) >= 11 is 0. The van der Waals surface area contributed by atoms with Gasteiger partial charge >= 0.3 is 0 Å². The van der Waals surface area contributed by atoms with Gasteiger partial charge in [-0.2, -0.15) is 8.42 Å². The number of para-hydroxylation sites is 1. The van der Waals surface area contributed by atoms with Gasteiger partial charge in [-0.05, 0) is 38.0 Å². The van der Waals surface area contributed by atoms with Crippen LogP contribution in [0.25, 0.3) is 0 Å². The molecule has 1 aliphatic rings. The molecule has 0 bridgehead atoms. The van der Waals surface area contributed by atoms with Crippen LogP contribution in [0.15, 0.2) is 47.4 Å². The highest BCUT2D eigenvalue weighted by Gasteiger charge is 2.33. The summed E-state index contributed by atoms with van der Waals surface area (Å²) in [6.07, 6.45) is 4.13. The van der Waals surface area contributed by atoms with Gasteiger partial charge in [0, 0.05) is 11.5 Å². The second-order valence-electron chi connectivity index (χ2n) is 7.23. The molecule has 0 unspecified atom stereocenters. The molecular formula is C22H28O5S. The molecule has 0 N–H and O–H groups in total. The fourth-order valence-corrected chi connectivity index (χ4v) is 5.01. The molecule has 1 fully saturated rings. The van der Waals surface area contributed by atoms with Gasteiger partial charge in [0.05, 0.1) is 25.2 Å². The highest BCUT2D eigenvalue weighted by molar-refractivity contribution is 7.86. The van der Waals surface area contributed by atoms with E-state index in [1.165, 1.54) is 0 Å². The van der Waals surface area contributed by atoms with Crippen molar-refractivity contribution in [2.45, 2.75) is 55.9 Å². The van der Waals surface area contributed by atoms with Gasteiger partial charge < -0.3 is 9.47 Å². The molecule has 0 spiro atoms. The van der Waals surface area contributed by atoms with Gasteiger partial charge in [0.2, 0.25) is 0 Å². The topological polar surface area (TPSA) is 61.8 Å². The number of hydrogen-bond acceptors (Lipinski definition) is 5. The fourth-order valence-electron chi connectivity index (χ4n) is 3.87. The molecular weight excluding hydrogens is 376 g/mol. The average molecular weight is 405 g/mol. The maximum atomic E-state index is 12.9. The summed E-state index contributed by atoms with van der Waals surface area (Å²) in [5.41, 5.74) is 1.94. The Morgan fingerprint density at radius 1 is 0.893 bits per heavy atom. The van der Waals surface area contributed by atoms with Crippen molar-refractivity contribution in [1.82, 2.24) is 0 Å². The summed E-state index contributed by atoms with van der Waals surface area (Å²) in [4.78, 5) is 0.193. The first kappa shape index (κ1) is 20.7. The SMILES string of the molecule is COc1cccc([C@H]2CCCCC[C@H]2OS(=O)(=O)c2ccc(C)cc2)c1OC. The lowest BCUT2D eigenvalue weighted by molar-refractivity contribution is 0.166. The monoisotopic (exact) mass is 404 g/mol. The minimum absolute atomic E-state index is 0.0761. The van der Waals surface area contributed by atoms with Crippen molar-refractivity contribution >= 4 is 10.1 Å². The Morgan fingerprint density at radius 3 is 2.29 bits per heavy atom. The van der Waals surface area contributed by atoms with Crippen molar-refractivity contribution in [2.75, 3.05) is 14.2 Å². The number of aryl methyl sites for hydroxylation is 1. The molecule has 2 aromatic rings. The fraction of sp³-hybridized carbons (Fsp3) is 0.455. The normalized spacial score (nSPS) is 20.4. The first-order chi connectivity index (χ1) is 13.5. The molecule has 152 valence electrons. The smallest absolute Gasteiger partial charge is 0.297 e. The van der Waals surface area contributed by atoms with Crippen LogP contribution in [0.3, 0.4) is 0 Å². The molecule has 2 atom stereocenters. The van der Waals surface area contributed by atoms with Gasteiger partial charge in [0.15, 0.2) is 11.5 Å². The van der Waals surface area contributed by atoms with Crippen molar-refractivity contribution in [3.8, 4) is 11.5 Å². The molecule has 6 heteroatoms. The average Bonchev–Trinajstić information content (AvgIpc) is 2.92. The summed E-state index contributed by atoms with van der Waals surface area (Å²) in [5.74, 6) is 1.22. The van der Waals surface area contributed by atoms with E-state index >= 15 is 0 Å². The van der Waals surface area contributed by atoms with Crippen LogP contribution in [0.1, 0.15) is 49.1 Å². The van der Waals surface area contributed by atoms with Gasteiger partial charge in [0.25, 0.3) is 10.1 Å². The Labute approximate surface area is 167 Å². The first-order valence-corrected chi connectivity index (χ1v) is 11.1. The summed E-state index contributed by atoms with van der Waals surface area (Å²) in [6, 6.07) is 12.5. The Bertz CT molecular complexity index is 890. The molecule has 2 aromatic carbocycles. The van der Waals surface area contributed by atoms with E-state index in [4.69, 9.17) is 13.7 Å². The lowest BCUT2D eigenvalue weighted by Crippen LogP contribution is -2.25. The predicted octanol–water partition coefficient (Wildman–Crippen LogP) is 4.83. The first-order valence-electron chi connectivity index (χ1n) is 9.67. The molecule has 0 amide bonds. The van der Waals surface area contributed by atoms with E-state index in [0.717, 1.165) is 36.8 Å². The maximum absolute atomic E-state index is 12.9. The predicted molar refractivity (Wildman–Crippen MR) is 109 cm³/mol.